The molecular formula is C39H49N5O. The van der Waals surface area contributed by atoms with Crippen molar-refractivity contribution in [1.82, 2.24) is 15.2 Å². The van der Waals surface area contributed by atoms with Gasteiger partial charge in [-0.3, -0.25) is 5.43 Å². The van der Waals surface area contributed by atoms with Gasteiger partial charge in [0.1, 0.15) is 0 Å². The standard InChI is InChI=1S/C39H49N5O/c1-25(33-18-19-34-32-17-16-28-24-31(45)20-22-38(28,4)35(32)21-23-39(33,34)5)41-42-37(40-29-12-8-6-9-13-29)36-26(2)43-44(27(36)3)30-14-10-7-11-15-30/h6-16,31-35,45H,17-24H2,1-5H3,(H,40,42)/b41-25+/t31-,32-,33+,34-,35-,38-,39+/m0/s1. The van der Waals surface area contributed by atoms with Crippen LogP contribution in [0.1, 0.15) is 89.1 Å². The Labute approximate surface area is 268 Å². The van der Waals surface area contributed by atoms with E-state index in [0.29, 0.717) is 5.92 Å². The van der Waals surface area contributed by atoms with E-state index in [0.717, 1.165) is 71.2 Å². The maximum atomic E-state index is 10.4. The van der Waals surface area contributed by atoms with Gasteiger partial charge in [-0.15, -0.1) is 0 Å². The Balaban J connectivity index is 1.17. The first-order valence-electron chi connectivity index (χ1n) is 17.1. The molecule has 0 amide bonds. The number of hydrogen-bond acceptors (Lipinski definition) is 4. The second kappa shape index (κ2) is 11.7. The first kappa shape index (κ1) is 30.2. The van der Waals surface area contributed by atoms with Crippen molar-refractivity contribution >= 4 is 17.2 Å². The Hall–Kier alpha value is -3.51. The number of aliphatic hydroxyl groups excluding tert-OH is 1. The minimum atomic E-state index is -0.146. The highest BCUT2D eigenvalue weighted by Crippen LogP contribution is 2.66. The molecule has 3 fully saturated rings. The van der Waals surface area contributed by atoms with Gasteiger partial charge in [-0.1, -0.05) is 61.9 Å². The number of para-hydroxylation sites is 2. The third-order valence-electron chi connectivity index (χ3n) is 12.4. The molecule has 0 radical (unpaired) electrons. The molecule has 0 saturated heterocycles. The van der Waals surface area contributed by atoms with Crippen LogP contribution in [0.3, 0.4) is 0 Å². The van der Waals surface area contributed by atoms with E-state index in [2.05, 4.69) is 58.3 Å². The molecular weight excluding hydrogens is 554 g/mol. The molecule has 0 spiro atoms. The normalized spacial score (nSPS) is 33.2. The fraction of sp³-hybridized carbons (Fsp3) is 0.513. The summed E-state index contributed by atoms with van der Waals surface area (Å²) < 4.78 is 2.00. The third kappa shape index (κ3) is 5.19. The van der Waals surface area contributed by atoms with Crippen molar-refractivity contribution in [3.05, 3.63) is 89.3 Å². The second-order valence-electron chi connectivity index (χ2n) is 14.8. The summed E-state index contributed by atoms with van der Waals surface area (Å²) in [5.74, 6) is 3.39. The number of aryl methyl sites for hydroxylation is 1. The predicted octanol–water partition coefficient (Wildman–Crippen LogP) is 8.47. The Morgan fingerprint density at radius 3 is 2.42 bits per heavy atom. The lowest BCUT2D eigenvalue weighted by molar-refractivity contribution is -0.0423. The lowest BCUT2D eigenvalue weighted by Crippen LogP contribution is -2.51. The molecule has 236 valence electrons. The molecule has 3 aromatic rings. The number of amidine groups is 1. The topological polar surface area (TPSA) is 74.8 Å². The number of aliphatic hydroxyl groups is 1. The van der Waals surface area contributed by atoms with Gasteiger partial charge < -0.3 is 5.11 Å². The quantitative estimate of drug-likeness (QED) is 0.133. The molecule has 0 aliphatic heterocycles. The van der Waals surface area contributed by atoms with Gasteiger partial charge in [0.25, 0.3) is 0 Å². The number of benzene rings is 2. The molecule has 1 aromatic heterocycles. The number of nitrogens with one attached hydrogen (secondary N) is 1. The van der Waals surface area contributed by atoms with E-state index in [4.69, 9.17) is 15.2 Å². The van der Waals surface area contributed by atoms with Crippen molar-refractivity contribution in [3.63, 3.8) is 0 Å². The van der Waals surface area contributed by atoms with E-state index in [9.17, 15) is 5.11 Å². The highest BCUT2D eigenvalue weighted by Gasteiger charge is 2.59. The first-order chi connectivity index (χ1) is 21.7. The average molecular weight is 604 g/mol. The highest BCUT2D eigenvalue weighted by atomic mass is 16.3. The van der Waals surface area contributed by atoms with Crippen LogP contribution in [0.2, 0.25) is 0 Å². The fourth-order valence-corrected chi connectivity index (χ4v) is 10.1. The zero-order chi connectivity index (χ0) is 31.3. The summed E-state index contributed by atoms with van der Waals surface area (Å²) in [6.07, 6.45) is 11.6. The van der Waals surface area contributed by atoms with Crippen molar-refractivity contribution in [1.29, 1.82) is 0 Å². The second-order valence-corrected chi connectivity index (χ2v) is 14.8. The number of aliphatic imine (C=N–C) groups is 1. The summed E-state index contributed by atoms with van der Waals surface area (Å²) in [6.45, 7) is 11.5. The van der Waals surface area contributed by atoms with E-state index < -0.39 is 0 Å². The molecule has 0 unspecified atom stereocenters. The van der Waals surface area contributed by atoms with Crippen molar-refractivity contribution in [2.75, 3.05) is 0 Å². The number of hydrazone groups is 1. The number of fused-ring (bicyclic) bond motifs is 5. The molecule has 2 aromatic carbocycles. The van der Waals surface area contributed by atoms with Gasteiger partial charge in [-0.05, 0) is 125 Å². The van der Waals surface area contributed by atoms with E-state index >= 15 is 0 Å². The van der Waals surface area contributed by atoms with Crippen molar-refractivity contribution < 1.29 is 5.11 Å². The Morgan fingerprint density at radius 2 is 1.67 bits per heavy atom. The zero-order valence-corrected chi connectivity index (χ0v) is 27.6. The monoisotopic (exact) mass is 603 g/mol. The van der Waals surface area contributed by atoms with Crippen LogP contribution in [0.25, 0.3) is 5.69 Å². The molecule has 3 saturated carbocycles. The van der Waals surface area contributed by atoms with Crippen LogP contribution in [-0.4, -0.2) is 32.5 Å². The van der Waals surface area contributed by atoms with E-state index in [1.807, 2.05) is 53.2 Å². The minimum Gasteiger partial charge on any atom is -0.393 e. The molecule has 4 aliphatic rings. The number of allylic oxidation sites excluding steroid dienone is 1. The molecule has 6 heteroatoms. The van der Waals surface area contributed by atoms with Crippen LogP contribution in [0.5, 0.6) is 0 Å². The van der Waals surface area contributed by atoms with Gasteiger partial charge in [0.05, 0.1) is 34.4 Å². The summed E-state index contributed by atoms with van der Waals surface area (Å²) in [5.41, 5.74) is 11.6. The number of nitrogens with zero attached hydrogens (tertiary/aromatic N) is 4. The molecule has 6 nitrogen and oxygen atoms in total. The molecule has 7 rings (SSSR count). The lowest BCUT2D eigenvalue weighted by Gasteiger charge is -2.58. The van der Waals surface area contributed by atoms with Crippen LogP contribution in [0, 0.1) is 48.3 Å². The maximum Gasteiger partial charge on any atom is 0.157 e. The molecule has 45 heavy (non-hydrogen) atoms. The van der Waals surface area contributed by atoms with Crippen LogP contribution in [-0.2, 0) is 0 Å². The van der Waals surface area contributed by atoms with Gasteiger partial charge in [0, 0.05) is 11.6 Å². The summed E-state index contributed by atoms with van der Waals surface area (Å²) in [6, 6.07) is 20.4. The van der Waals surface area contributed by atoms with Gasteiger partial charge in [-0.2, -0.15) is 10.2 Å². The number of aromatic nitrogens is 2. The number of hydrogen-bond donors (Lipinski definition) is 2. The smallest absolute Gasteiger partial charge is 0.157 e. The van der Waals surface area contributed by atoms with E-state index in [-0.39, 0.29) is 16.9 Å². The van der Waals surface area contributed by atoms with Crippen LogP contribution in [0.4, 0.5) is 5.69 Å². The molecule has 7 atom stereocenters. The van der Waals surface area contributed by atoms with Crippen LogP contribution in [0.15, 0.2) is 82.4 Å². The van der Waals surface area contributed by atoms with Crippen molar-refractivity contribution in [2.45, 2.75) is 92.1 Å². The average Bonchev–Trinajstić information content (AvgIpc) is 3.55. The SMILES string of the molecule is C/C(=N\NC(=Nc1ccccc1)c1c(C)nn(-c2ccccc2)c1C)[C@H]1CC[C@H]2[C@@H]3CC=C4C[C@@H](O)CC[C@]4(C)[C@H]3CC[C@]12C. The van der Waals surface area contributed by atoms with Gasteiger partial charge in [-0.25, -0.2) is 9.67 Å². The molecule has 4 aliphatic carbocycles. The lowest BCUT2D eigenvalue weighted by atomic mass is 9.47. The summed E-state index contributed by atoms with van der Waals surface area (Å²) in [4.78, 5) is 5.08. The van der Waals surface area contributed by atoms with Gasteiger partial charge >= 0.3 is 0 Å². The zero-order valence-electron chi connectivity index (χ0n) is 27.6. The first-order valence-corrected chi connectivity index (χ1v) is 17.1. The van der Waals surface area contributed by atoms with E-state index in [1.165, 1.54) is 37.8 Å². The Bertz CT molecular complexity index is 1640. The Kier molecular flexibility index (Phi) is 7.84. The molecule has 0 bridgehead atoms. The van der Waals surface area contributed by atoms with Gasteiger partial charge in [0.2, 0.25) is 0 Å². The largest absolute Gasteiger partial charge is 0.393 e. The Morgan fingerprint density at radius 1 is 0.933 bits per heavy atom. The minimum absolute atomic E-state index is 0.146. The fourth-order valence-electron chi connectivity index (χ4n) is 10.1. The highest BCUT2D eigenvalue weighted by molar-refractivity contribution is 6.03. The summed E-state index contributed by atoms with van der Waals surface area (Å²) in [7, 11) is 0. The number of rotatable bonds is 5. The molecule has 2 N–H and O–H groups in total. The van der Waals surface area contributed by atoms with Crippen molar-refractivity contribution in [3.8, 4) is 5.69 Å². The maximum absolute atomic E-state index is 10.4. The van der Waals surface area contributed by atoms with E-state index in [1.54, 1.807) is 5.57 Å². The van der Waals surface area contributed by atoms with Gasteiger partial charge in [0.15, 0.2) is 5.84 Å². The van der Waals surface area contributed by atoms with Crippen molar-refractivity contribution in [2.24, 2.45) is 44.6 Å². The molecule has 1 heterocycles. The predicted molar refractivity (Wildman–Crippen MR) is 183 cm³/mol. The third-order valence-corrected chi connectivity index (χ3v) is 12.4. The van der Waals surface area contributed by atoms with Crippen LogP contribution < -0.4 is 5.43 Å². The van der Waals surface area contributed by atoms with Crippen LogP contribution >= 0.6 is 0 Å². The summed E-state index contributed by atoms with van der Waals surface area (Å²) >= 11 is 0. The summed E-state index contributed by atoms with van der Waals surface area (Å²) in [5, 5.41) is 20.4.